The molecular formula is C22H30FN3O5S. The molecule has 0 fully saturated rings. The summed E-state index contributed by atoms with van der Waals surface area (Å²) in [6.07, 6.45) is 1.30. The van der Waals surface area contributed by atoms with Crippen molar-refractivity contribution in [1.82, 2.24) is 9.62 Å². The molecule has 8 nitrogen and oxygen atoms in total. The van der Waals surface area contributed by atoms with Crippen molar-refractivity contribution in [3.05, 3.63) is 53.8 Å². The summed E-state index contributed by atoms with van der Waals surface area (Å²) in [5, 5.41) is 2.70. The molecule has 0 radical (unpaired) electrons. The summed E-state index contributed by atoms with van der Waals surface area (Å²) in [4.78, 5) is 12.4. The maximum atomic E-state index is 14.2. The second-order valence-corrected chi connectivity index (χ2v) is 9.19. The summed E-state index contributed by atoms with van der Waals surface area (Å²) in [7, 11) is 0.166. The molecule has 1 N–H and O–H groups in total. The fraction of sp³-hybridized carbons (Fsp3) is 0.409. The molecule has 0 saturated heterocycles. The van der Waals surface area contributed by atoms with Crippen LogP contribution in [0, 0.1) is 5.82 Å². The van der Waals surface area contributed by atoms with Crippen molar-refractivity contribution in [1.29, 1.82) is 0 Å². The van der Waals surface area contributed by atoms with Crippen LogP contribution in [0.3, 0.4) is 0 Å². The van der Waals surface area contributed by atoms with Crippen molar-refractivity contribution in [3.8, 4) is 11.5 Å². The highest BCUT2D eigenvalue weighted by Crippen LogP contribution is 2.28. The quantitative estimate of drug-likeness (QED) is 0.485. The van der Waals surface area contributed by atoms with Gasteiger partial charge in [-0.05, 0) is 49.6 Å². The lowest BCUT2D eigenvalue weighted by Gasteiger charge is -2.27. The topological polar surface area (TPSA) is 88.2 Å². The first-order chi connectivity index (χ1) is 15.2. The molecule has 0 heterocycles. The summed E-state index contributed by atoms with van der Waals surface area (Å²) in [6.45, 7) is 2.24. The van der Waals surface area contributed by atoms with Gasteiger partial charge in [0, 0.05) is 20.6 Å². The van der Waals surface area contributed by atoms with Crippen LogP contribution in [0.4, 0.5) is 10.1 Å². The van der Waals surface area contributed by atoms with Crippen LogP contribution in [-0.4, -0.2) is 59.5 Å². The Morgan fingerprint density at radius 2 is 1.84 bits per heavy atom. The maximum Gasteiger partial charge on any atom is 0.304 e. The molecule has 0 aliphatic rings. The van der Waals surface area contributed by atoms with Gasteiger partial charge in [0.05, 0.1) is 19.4 Å². The highest BCUT2D eigenvalue weighted by atomic mass is 32.2. The van der Waals surface area contributed by atoms with E-state index in [2.05, 4.69) is 5.32 Å². The number of hydrogen-bond acceptors (Lipinski definition) is 5. The normalized spacial score (nSPS) is 11.3. The number of para-hydroxylation sites is 1. The molecule has 176 valence electrons. The van der Waals surface area contributed by atoms with E-state index >= 15 is 0 Å². The minimum absolute atomic E-state index is 0.183. The van der Waals surface area contributed by atoms with E-state index in [0.717, 1.165) is 20.2 Å². The van der Waals surface area contributed by atoms with E-state index < -0.39 is 28.5 Å². The van der Waals surface area contributed by atoms with Gasteiger partial charge in [-0.3, -0.25) is 4.79 Å². The van der Waals surface area contributed by atoms with Gasteiger partial charge in [0.15, 0.2) is 11.5 Å². The average Bonchev–Trinajstić information content (AvgIpc) is 2.76. The smallest absolute Gasteiger partial charge is 0.304 e. The zero-order chi connectivity index (χ0) is 23.7. The Labute approximate surface area is 189 Å². The molecule has 10 heteroatoms. The van der Waals surface area contributed by atoms with E-state index in [1.807, 2.05) is 25.1 Å². The number of carbonyl (C=O) groups is 1. The predicted octanol–water partition coefficient (Wildman–Crippen LogP) is 2.59. The number of halogens is 1. The molecule has 1 amide bonds. The van der Waals surface area contributed by atoms with Crippen molar-refractivity contribution in [2.24, 2.45) is 0 Å². The second-order valence-electron chi connectivity index (χ2n) is 7.12. The molecule has 0 bridgehead atoms. The molecule has 0 spiro atoms. The molecule has 2 aromatic rings. The number of benzene rings is 2. The summed E-state index contributed by atoms with van der Waals surface area (Å²) in [5.41, 5.74) is 0.834. The van der Waals surface area contributed by atoms with Crippen LogP contribution < -0.4 is 19.1 Å². The van der Waals surface area contributed by atoms with Crippen molar-refractivity contribution in [2.45, 2.75) is 19.8 Å². The summed E-state index contributed by atoms with van der Waals surface area (Å²) < 4.78 is 52.1. The number of hydrogen-bond donors (Lipinski definition) is 1. The third-order valence-corrected chi connectivity index (χ3v) is 6.45. The first-order valence-corrected chi connectivity index (χ1v) is 11.6. The molecule has 0 aliphatic carbocycles. The minimum atomic E-state index is -4.06. The number of anilines is 1. The van der Waals surface area contributed by atoms with Crippen LogP contribution in [0.1, 0.15) is 18.9 Å². The number of rotatable bonds is 12. The molecule has 32 heavy (non-hydrogen) atoms. The predicted molar refractivity (Wildman–Crippen MR) is 122 cm³/mol. The first-order valence-electron chi connectivity index (χ1n) is 10.2. The number of carbonyl (C=O) groups excluding carboxylic acids is 1. The third kappa shape index (κ3) is 6.57. The van der Waals surface area contributed by atoms with E-state index in [9.17, 15) is 17.6 Å². The van der Waals surface area contributed by atoms with E-state index in [1.54, 1.807) is 7.11 Å². The SMILES string of the molecule is CCOc1ccc(CCCNC(=O)CN(c2ccccc2F)S(=O)(=O)N(C)C)cc1OC. The van der Waals surface area contributed by atoms with E-state index in [1.165, 1.54) is 32.3 Å². The van der Waals surface area contributed by atoms with Crippen LogP contribution in [0.15, 0.2) is 42.5 Å². The monoisotopic (exact) mass is 467 g/mol. The van der Waals surface area contributed by atoms with Gasteiger partial charge in [-0.15, -0.1) is 0 Å². The molecule has 0 atom stereocenters. The summed E-state index contributed by atoms with van der Waals surface area (Å²) in [5.74, 6) is 0.0586. The van der Waals surface area contributed by atoms with Gasteiger partial charge in [-0.2, -0.15) is 12.7 Å². The summed E-state index contributed by atoms with van der Waals surface area (Å²) >= 11 is 0. The van der Waals surface area contributed by atoms with Crippen molar-refractivity contribution in [3.63, 3.8) is 0 Å². The number of aryl methyl sites for hydroxylation is 1. The number of nitrogens with one attached hydrogen (secondary N) is 1. The second kappa shape index (κ2) is 11.7. The van der Waals surface area contributed by atoms with E-state index in [-0.39, 0.29) is 5.69 Å². The standard InChI is InChI=1S/C22H30FN3O5S/c1-5-31-20-13-12-17(15-21(20)30-4)9-8-14-24-22(27)16-26(32(28,29)25(2)3)19-11-7-6-10-18(19)23/h6-7,10-13,15H,5,8-9,14,16H2,1-4H3,(H,24,27). The molecule has 0 saturated carbocycles. The third-order valence-electron chi connectivity index (χ3n) is 4.64. The lowest BCUT2D eigenvalue weighted by molar-refractivity contribution is -0.119. The molecular weight excluding hydrogens is 437 g/mol. The number of ether oxygens (including phenoxy) is 2. The maximum absolute atomic E-state index is 14.2. The van der Waals surface area contributed by atoms with Crippen molar-refractivity contribution in [2.75, 3.05) is 45.2 Å². The Hall–Kier alpha value is -2.85. The van der Waals surface area contributed by atoms with Gasteiger partial charge in [0.25, 0.3) is 0 Å². The molecule has 0 unspecified atom stereocenters. The van der Waals surface area contributed by atoms with Gasteiger partial charge >= 0.3 is 10.2 Å². The highest BCUT2D eigenvalue weighted by molar-refractivity contribution is 7.90. The number of amides is 1. The van der Waals surface area contributed by atoms with Gasteiger partial charge in [0.2, 0.25) is 5.91 Å². The van der Waals surface area contributed by atoms with Crippen molar-refractivity contribution >= 4 is 21.8 Å². The Balaban J connectivity index is 1.97. The van der Waals surface area contributed by atoms with E-state index in [4.69, 9.17) is 9.47 Å². The molecule has 2 aromatic carbocycles. The molecule has 2 rings (SSSR count). The van der Waals surface area contributed by atoms with Crippen LogP contribution in [0.5, 0.6) is 11.5 Å². The van der Waals surface area contributed by atoms with Crippen LogP contribution in [0.25, 0.3) is 0 Å². The Morgan fingerprint density at radius 1 is 1.12 bits per heavy atom. The van der Waals surface area contributed by atoms with Crippen LogP contribution >= 0.6 is 0 Å². The lowest BCUT2D eigenvalue weighted by atomic mass is 10.1. The Kier molecular flexibility index (Phi) is 9.27. The highest BCUT2D eigenvalue weighted by Gasteiger charge is 2.29. The molecule has 0 aliphatic heterocycles. The summed E-state index contributed by atoms with van der Waals surface area (Å²) in [6, 6.07) is 11.1. The Bertz CT molecular complexity index is 1010. The fourth-order valence-corrected chi connectivity index (χ4v) is 4.06. The zero-order valence-corrected chi connectivity index (χ0v) is 19.6. The zero-order valence-electron chi connectivity index (χ0n) is 18.8. The van der Waals surface area contributed by atoms with Crippen LogP contribution in [-0.2, 0) is 21.4 Å². The first kappa shape index (κ1) is 25.4. The number of nitrogens with zero attached hydrogens (tertiary/aromatic N) is 2. The fourth-order valence-electron chi connectivity index (χ4n) is 2.99. The molecule has 0 aromatic heterocycles. The van der Waals surface area contributed by atoms with Gasteiger partial charge in [-0.1, -0.05) is 18.2 Å². The largest absolute Gasteiger partial charge is 0.493 e. The lowest BCUT2D eigenvalue weighted by Crippen LogP contribution is -2.46. The van der Waals surface area contributed by atoms with Crippen molar-refractivity contribution < 1.29 is 27.1 Å². The van der Waals surface area contributed by atoms with Gasteiger partial charge in [0.1, 0.15) is 12.4 Å². The average molecular weight is 468 g/mol. The van der Waals surface area contributed by atoms with Crippen LogP contribution in [0.2, 0.25) is 0 Å². The number of methoxy groups -OCH3 is 1. The van der Waals surface area contributed by atoms with Gasteiger partial charge < -0.3 is 14.8 Å². The van der Waals surface area contributed by atoms with E-state index in [0.29, 0.717) is 37.5 Å². The minimum Gasteiger partial charge on any atom is -0.493 e. The Morgan fingerprint density at radius 3 is 2.47 bits per heavy atom. The van der Waals surface area contributed by atoms with Gasteiger partial charge in [-0.25, -0.2) is 8.70 Å².